The van der Waals surface area contributed by atoms with Gasteiger partial charge in [0.15, 0.2) is 0 Å². The van der Waals surface area contributed by atoms with Crippen molar-refractivity contribution in [3.8, 4) is 0 Å². The number of nitrogens with two attached hydrogens (primary N) is 1. The zero-order valence-corrected chi connectivity index (χ0v) is 9.18. The number of allylic oxidation sites excluding steroid dienone is 1. The molecule has 0 fully saturated rings. The van der Waals surface area contributed by atoms with Crippen LogP contribution in [0, 0.1) is 0 Å². The SMILES string of the molecule is C=CCCC(NN)c1snnc1CC. The van der Waals surface area contributed by atoms with Crippen molar-refractivity contribution in [3.63, 3.8) is 0 Å². The van der Waals surface area contributed by atoms with Crippen LogP contribution in [0.5, 0.6) is 0 Å². The summed E-state index contributed by atoms with van der Waals surface area (Å²) in [6.07, 6.45) is 4.68. The second kappa shape index (κ2) is 5.85. The highest BCUT2D eigenvalue weighted by atomic mass is 32.1. The summed E-state index contributed by atoms with van der Waals surface area (Å²) in [5, 5.41) is 4.06. The molecule has 1 rings (SSSR count). The molecule has 0 saturated carbocycles. The molecule has 0 aliphatic rings. The summed E-state index contributed by atoms with van der Waals surface area (Å²) in [7, 11) is 0. The second-order valence-electron chi connectivity index (χ2n) is 3.02. The highest BCUT2D eigenvalue weighted by molar-refractivity contribution is 7.05. The molecule has 78 valence electrons. The predicted octanol–water partition coefficient (Wildman–Crippen LogP) is 1.57. The fourth-order valence-electron chi connectivity index (χ4n) is 1.30. The van der Waals surface area contributed by atoms with Gasteiger partial charge in [-0.2, -0.15) is 0 Å². The largest absolute Gasteiger partial charge is 0.271 e. The predicted molar refractivity (Wildman–Crippen MR) is 58.8 cm³/mol. The minimum absolute atomic E-state index is 0.156. The van der Waals surface area contributed by atoms with Gasteiger partial charge in [0.1, 0.15) is 0 Å². The van der Waals surface area contributed by atoms with E-state index in [9.17, 15) is 0 Å². The summed E-state index contributed by atoms with van der Waals surface area (Å²) >= 11 is 1.42. The zero-order chi connectivity index (χ0) is 10.4. The third-order valence-corrected chi connectivity index (χ3v) is 2.98. The van der Waals surface area contributed by atoms with Crippen LogP contribution in [-0.4, -0.2) is 9.59 Å². The van der Waals surface area contributed by atoms with Gasteiger partial charge in [-0.05, 0) is 30.8 Å². The third-order valence-electron chi connectivity index (χ3n) is 2.10. The van der Waals surface area contributed by atoms with Crippen LogP contribution in [0.1, 0.15) is 36.4 Å². The summed E-state index contributed by atoms with van der Waals surface area (Å²) in [4.78, 5) is 1.15. The van der Waals surface area contributed by atoms with Crippen molar-refractivity contribution in [2.45, 2.75) is 32.2 Å². The number of nitrogens with one attached hydrogen (secondary N) is 1. The number of rotatable bonds is 6. The first-order valence-electron chi connectivity index (χ1n) is 4.71. The summed E-state index contributed by atoms with van der Waals surface area (Å²) in [6, 6.07) is 0.156. The normalized spacial score (nSPS) is 12.7. The summed E-state index contributed by atoms with van der Waals surface area (Å²) < 4.78 is 3.94. The highest BCUT2D eigenvalue weighted by Gasteiger charge is 2.16. The minimum Gasteiger partial charge on any atom is -0.271 e. The van der Waals surface area contributed by atoms with E-state index in [2.05, 4.69) is 28.5 Å². The number of aromatic nitrogens is 2. The van der Waals surface area contributed by atoms with E-state index in [-0.39, 0.29) is 6.04 Å². The molecule has 14 heavy (non-hydrogen) atoms. The van der Waals surface area contributed by atoms with Crippen LogP contribution < -0.4 is 11.3 Å². The average molecular weight is 212 g/mol. The van der Waals surface area contributed by atoms with Crippen LogP contribution in [0.15, 0.2) is 12.7 Å². The fourth-order valence-corrected chi connectivity index (χ4v) is 2.13. The van der Waals surface area contributed by atoms with Gasteiger partial charge < -0.3 is 0 Å². The molecule has 5 heteroatoms. The molecule has 0 bridgehead atoms. The molecule has 1 heterocycles. The summed E-state index contributed by atoms with van der Waals surface area (Å²) in [6.45, 7) is 5.77. The van der Waals surface area contributed by atoms with Gasteiger partial charge in [-0.3, -0.25) is 11.3 Å². The van der Waals surface area contributed by atoms with Crippen LogP contribution in [0.2, 0.25) is 0 Å². The maximum atomic E-state index is 5.50. The van der Waals surface area contributed by atoms with Gasteiger partial charge in [-0.25, -0.2) is 0 Å². The molecule has 1 aromatic rings. The number of hydrazine groups is 1. The Balaban J connectivity index is 2.72. The van der Waals surface area contributed by atoms with Crippen molar-refractivity contribution in [2.24, 2.45) is 5.84 Å². The van der Waals surface area contributed by atoms with Gasteiger partial charge in [0.05, 0.1) is 16.6 Å². The van der Waals surface area contributed by atoms with Crippen LogP contribution in [0.4, 0.5) is 0 Å². The van der Waals surface area contributed by atoms with Crippen LogP contribution in [0.3, 0.4) is 0 Å². The molecule has 3 N–H and O–H groups in total. The summed E-state index contributed by atoms with van der Waals surface area (Å²) in [5.74, 6) is 5.50. The average Bonchev–Trinajstić information content (AvgIpc) is 2.67. The summed E-state index contributed by atoms with van der Waals surface area (Å²) in [5.41, 5.74) is 3.84. The van der Waals surface area contributed by atoms with Gasteiger partial charge in [0.2, 0.25) is 0 Å². The van der Waals surface area contributed by atoms with Crippen molar-refractivity contribution in [1.82, 2.24) is 15.0 Å². The Hall–Kier alpha value is -0.780. The molecule has 0 aliphatic carbocycles. The first kappa shape index (κ1) is 11.3. The van der Waals surface area contributed by atoms with E-state index < -0.39 is 0 Å². The van der Waals surface area contributed by atoms with E-state index in [4.69, 9.17) is 5.84 Å². The van der Waals surface area contributed by atoms with E-state index in [1.54, 1.807) is 0 Å². The third kappa shape index (κ3) is 2.60. The molecule has 0 radical (unpaired) electrons. The number of hydrogen-bond acceptors (Lipinski definition) is 5. The fraction of sp³-hybridized carbons (Fsp3) is 0.556. The molecular formula is C9H16N4S. The zero-order valence-electron chi connectivity index (χ0n) is 8.36. The smallest absolute Gasteiger partial charge is 0.0801 e. The van der Waals surface area contributed by atoms with Crippen molar-refractivity contribution >= 4 is 11.5 Å². The molecule has 1 aromatic heterocycles. The Kier molecular flexibility index (Phi) is 4.72. The van der Waals surface area contributed by atoms with Crippen LogP contribution >= 0.6 is 11.5 Å². The van der Waals surface area contributed by atoms with Crippen molar-refractivity contribution in [3.05, 3.63) is 23.2 Å². The Morgan fingerprint density at radius 1 is 1.71 bits per heavy atom. The Labute approximate surface area is 88.3 Å². The van der Waals surface area contributed by atoms with Gasteiger partial charge in [0.25, 0.3) is 0 Å². The molecular weight excluding hydrogens is 196 g/mol. The van der Waals surface area contributed by atoms with E-state index in [1.165, 1.54) is 11.5 Å². The lowest BCUT2D eigenvalue weighted by Gasteiger charge is -2.13. The minimum atomic E-state index is 0.156. The maximum absolute atomic E-state index is 5.50. The lowest BCUT2D eigenvalue weighted by atomic mass is 10.1. The van der Waals surface area contributed by atoms with E-state index >= 15 is 0 Å². The van der Waals surface area contributed by atoms with E-state index in [0.29, 0.717) is 0 Å². The van der Waals surface area contributed by atoms with Crippen molar-refractivity contribution < 1.29 is 0 Å². The van der Waals surface area contributed by atoms with Crippen molar-refractivity contribution in [1.29, 1.82) is 0 Å². The number of hydrogen-bond donors (Lipinski definition) is 2. The lowest BCUT2D eigenvalue weighted by Crippen LogP contribution is -2.27. The molecule has 0 aromatic carbocycles. The topological polar surface area (TPSA) is 63.8 Å². The molecule has 1 atom stereocenters. The van der Waals surface area contributed by atoms with E-state index in [0.717, 1.165) is 29.8 Å². The van der Waals surface area contributed by atoms with E-state index in [1.807, 2.05) is 6.08 Å². The first-order valence-corrected chi connectivity index (χ1v) is 5.49. The van der Waals surface area contributed by atoms with Gasteiger partial charge in [-0.15, -0.1) is 11.7 Å². The van der Waals surface area contributed by atoms with Gasteiger partial charge in [-0.1, -0.05) is 17.5 Å². The lowest BCUT2D eigenvalue weighted by molar-refractivity contribution is 0.524. The highest BCUT2D eigenvalue weighted by Crippen LogP contribution is 2.24. The molecule has 0 spiro atoms. The number of aryl methyl sites for hydroxylation is 1. The maximum Gasteiger partial charge on any atom is 0.0801 e. The first-order chi connectivity index (χ1) is 6.83. The van der Waals surface area contributed by atoms with Crippen LogP contribution in [-0.2, 0) is 6.42 Å². The molecule has 0 amide bonds. The molecule has 4 nitrogen and oxygen atoms in total. The quantitative estimate of drug-likeness (QED) is 0.427. The monoisotopic (exact) mass is 212 g/mol. The standard InChI is InChI=1S/C9H16N4S/c1-3-5-6-8(11-10)9-7(4-2)12-13-14-9/h3,8,11H,1,4-6,10H2,2H3. The number of nitrogens with zero attached hydrogens (tertiary/aromatic N) is 2. The Morgan fingerprint density at radius 3 is 3.07 bits per heavy atom. The molecule has 0 saturated heterocycles. The second-order valence-corrected chi connectivity index (χ2v) is 3.81. The van der Waals surface area contributed by atoms with Gasteiger partial charge >= 0.3 is 0 Å². The van der Waals surface area contributed by atoms with Crippen molar-refractivity contribution in [2.75, 3.05) is 0 Å². The Morgan fingerprint density at radius 2 is 2.50 bits per heavy atom. The van der Waals surface area contributed by atoms with Crippen LogP contribution in [0.25, 0.3) is 0 Å². The molecule has 1 unspecified atom stereocenters. The molecule has 0 aliphatic heterocycles. The van der Waals surface area contributed by atoms with Gasteiger partial charge in [0, 0.05) is 0 Å². The Bertz CT molecular complexity index is 284.